The normalized spacial score (nSPS) is 9.69. The lowest BCUT2D eigenvalue weighted by Crippen LogP contribution is -1.88. The van der Waals surface area contributed by atoms with Crippen molar-refractivity contribution in [2.75, 3.05) is 0 Å². The molecule has 0 aromatic heterocycles. The Bertz CT molecular complexity index is 526. The molecule has 0 unspecified atom stereocenters. The Morgan fingerprint density at radius 1 is 1.06 bits per heavy atom. The second-order valence-electron chi connectivity index (χ2n) is 3.54. The maximum Gasteiger partial charge on any atom is 0.115 e. The van der Waals surface area contributed by atoms with Gasteiger partial charge in [0.1, 0.15) is 5.75 Å². The van der Waals surface area contributed by atoms with E-state index in [1.807, 2.05) is 36.4 Å². The summed E-state index contributed by atoms with van der Waals surface area (Å²) in [6.45, 7) is 0. The third-order valence-corrected chi connectivity index (χ3v) is 2.44. The molecule has 2 nitrogen and oxygen atoms in total. The highest BCUT2D eigenvalue weighted by Crippen LogP contribution is 2.26. The number of phenols is 1. The Morgan fingerprint density at radius 2 is 1.81 bits per heavy atom. The molecule has 0 amide bonds. The van der Waals surface area contributed by atoms with E-state index < -0.39 is 0 Å². The Kier molecular flexibility index (Phi) is 2.88. The Hall–Kier alpha value is -2.27. The van der Waals surface area contributed by atoms with Crippen LogP contribution < -0.4 is 0 Å². The van der Waals surface area contributed by atoms with Gasteiger partial charge in [-0.25, -0.2) is 0 Å². The van der Waals surface area contributed by atoms with Crippen molar-refractivity contribution in [2.24, 2.45) is 0 Å². The molecule has 0 aliphatic carbocycles. The molecule has 1 N–H and O–H groups in total. The van der Waals surface area contributed by atoms with E-state index in [1.54, 1.807) is 12.1 Å². The van der Waals surface area contributed by atoms with E-state index in [1.165, 1.54) is 0 Å². The number of hydrogen-bond donors (Lipinski definition) is 1. The van der Waals surface area contributed by atoms with Crippen molar-refractivity contribution < 1.29 is 5.11 Å². The minimum atomic E-state index is 0.199. The van der Waals surface area contributed by atoms with E-state index >= 15 is 0 Å². The van der Waals surface area contributed by atoms with Crippen LogP contribution in [0.1, 0.15) is 5.56 Å². The predicted octanol–water partition coefficient (Wildman–Crippen LogP) is 3.13. The number of nitrogens with zero attached hydrogens (tertiary/aromatic N) is 1. The predicted molar refractivity (Wildman–Crippen MR) is 62.9 cm³/mol. The van der Waals surface area contributed by atoms with Crippen molar-refractivity contribution in [3.8, 4) is 22.9 Å². The molecule has 16 heavy (non-hydrogen) atoms. The van der Waals surface area contributed by atoms with Gasteiger partial charge in [0.25, 0.3) is 0 Å². The van der Waals surface area contributed by atoms with Gasteiger partial charge in [-0.1, -0.05) is 36.4 Å². The molecule has 78 valence electrons. The summed E-state index contributed by atoms with van der Waals surface area (Å²) in [6.07, 6.45) is 0.304. The van der Waals surface area contributed by atoms with Crippen LogP contribution in [0.2, 0.25) is 0 Å². The third kappa shape index (κ3) is 2.04. The summed E-state index contributed by atoms with van der Waals surface area (Å²) in [5.74, 6) is 0.199. The highest BCUT2D eigenvalue weighted by molar-refractivity contribution is 5.68. The molecule has 0 radical (unpaired) electrons. The zero-order valence-electron chi connectivity index (χ0n) is 8.72. The Labute approximate surface area is 94.4 Å². The molecule has 2 aromatic carbocycles. The molecular weight excluding hydrogens is 198 g/mol. The molecule has 0 saturated carbocycles. The molecular formula is C14H11NO. The summed E-state index contributed by atoms with van der Waals surface area (Å²) in [5.41, 5.74) is 2.92. The van der Waals surface area contributed by atoms with Gasteiger partial charge in [-0.05, 0) is 28.8 Å². The minimum Gasteiger partial charge on any atom is -0.508 e. The van der Waals surface area contributed by atoms with Gasteiger partial charge in [0.05, 0.1) is 12.5 Å². The zero-order chi connectivity index (χ0) is 11.4. The van der Waals surface area contributed by atoms with E-state index in [0.717, 1.165) is 16.7 Å². The van der Waals surface area contributed by atoms with Gasteiger partial charge in [0.2, 0.25) is 0 Å². The smallest absolute Gasteiger partial charge is 0.115 e. The first-order valence-corrected chi connectivity index (χ1v) is 5.05. The first-order chi connectivity index (χ1) is 7.81. The lowest BCUT2D eigenvalue weighted by atomic mass is 9.98. The van der Waals surface area contributed by atoms with E-state index in [-0.39, 0.29) is 5.75 Å². The molecule has 2 heteroatoms. The molecule has 2 aromatic rings. The van der Waals surface area contributed by atoms with Crippen LogP contribution in [-0.4, -0.2) is 5.11 Å². The molecule has 0 fully saturated rings. The van der Waals surface area contributed by atoms with Crippen LogP contribution in [0.4, 0.5) is 0 Å². The van der Waals surface area contributed by atoms with Crippen LogP contribution in [0.25, 0.3) is 11.1 Å². The van der Waals surface area contributed by atoms with Gasteiger partial charge >= 0.3 is 0 Å². The van der Waals surface area contributed by atoms with Crippen molar-refractivity contribution >= 4 is 0 Å². The van der Waals surface area contributed by atoms with Gasteiger partial charge in [0, 0.05) is 0 Å². The maximum atomic E-state index is 9.40. The average molecular weight is 209 g/mol. The van der Waals surface area contributed by atoms with Crippen LogP contribution in [-0.2, 0) is 6.42 Å². The van der Waals surface area contributed by atoms with Crippen molar-refractivity contribution in [2.45, 2.75) is 6.42 Å². The quantitative estimate of drug-likeness (QED) is 0.825. The second-order valence-corrected chi connectivity index (χ2v) is 3.54. The van der Waals surface area contributed by atoms with E-state index in [9.17, 15) is 5.11 Å². The summed E-state index contributed by atoms with van der Waals surface area (Å²) in [6, 6.07) is 17.1. The molecule has 0 aliphatic heterocycles. The van der Waals surface area contributed by atoms with Crippen molar-refractivity contribution in [1.82, 2.24) is 0 Å². The summed E-state index contributed by atoms with van der Waals surface area (Å²) in [4.78, 5) is 0. The topological polar surface area (TPSA) is 44.0 Å². The van der Waals surface area contributed by atoms with Crippen LogP contribution >= 0.6 is 0 Å². The zero-order valence-corrected chi connectivity index (χ0v) is 8.72. The molecule has 0 saturated heterocycles. The average Bonchev–Trinajstić information content (AvgIpc) is 2.31. The largest absolute Gasteiger partial charge is 0.508 e. The van der Waals surface area contributed by atoms with Crippen LogP contribution in [0.5, 0.6) is 5.75 Å². The minimum absolute atomic E-state index is 0.199. The highest BCUT2D eigenvalue weighted by atomic mass is 16.3. The molecule has 0 bridgehead atoms. The van der Waals surface area contributed by atoms with Crippen molar-refractivity contribution in [1.29, 1.82) is 5.26 Å². The van der Waals surface area contributed by atoms with E-state index in [4.69, 9.17) is 5.26 Å². The molecule has 2 rings (SSSR count). The number of aromatic hydroxyl groups is 1. The maximum absolute atomic E-state index is 9.40. The van der Waals surface area contributed by atoms with Gasteiger partial charge in [-0.15, -0.1) is 0 Å². The third-order valence-electron chi connectivity index (χ3n) is 2.44. The standard InChI is InChI=1S/C14H11NO/c15-9-8-12-10-13(16)6-7-14(12)11-4-2-1-3-5-11/h1-7,10,16H,8H2. The van der Waals surface area contributed by atoms with Crippen LogP contribution in [0, 0.1) is 11.3 Å². The second kappa shape index (κ2) is 4.50. The summed E-state index contributed by atoms with van der Waals surface area (Å²) < 4.78 is 0. The molecule has 0 heterocycles. The van der Waals surface area contributed by atoms with Crippen LogP contribution in [0.3, 0.4) is 0 Å². The number of nitriles is 1. The number of hydrogen-bond acceptors (Lipinski definition) is 2. The van der Waals surface area contributed by atoms with E-state index in [0.29, 0.717) is 6.42 Å². The number of rotatable bonds is 2. The first kappa shape index (κ1) is 10.3. The first-order valence-electron chi connectivity index (χ1n) is 5.05. The number of phenolic OH excluding ortho intramolecular Hbond substituents is 1. The monoisotopic (exact) mass is 209 g/mol. The van der Waals surface area contributed by atoms with Crippen molar-refractivity contribution in [3.05, 3.63) is 54.1 Å². The molecule has 0 atom stereocenters. The number of benzene rings is 2. The fourth-order valence-corrected chi connectivity index (χ4v) is 1.71. The fraction of sp³-hybridized carbons (Fsp3) is 0.0714. The van der Waals surface area contributed by atoms with Crippen LogP contribution in [0.15, 0.2) is 48.5 Å². The van der Waals surface area contributed by atoms with Gasteiger partial charge in [-0.2, -0.15) is 5.26 Å². The molecule has 0 aliphatic rings. The van der Waals surface area contributed by atoms with Gasteiger partial charge < -0.3 is 5.11 Å². The SMILES string of the molecule is N#CCc1cc(O)ccc1-c1ccccc1. The lowest BCUT2D eigenvalue weighted by Gasteiger charge is -2.07. The highest BCUT2D eigenvalue weighted by Gasteiger charge is 2.05. The van der Waals surface area contributed by atoms with Gasteiger partial charge in [0.15, 0.2) is 0 Å². The summed E-state index contributed by atoms with van der Waals surface area (Å²) in [7, 11) is 0. The molecule has 0 spiro atoms. The summed E-state index contributed by atoms with van der Waals surface area (Å²) >= 11 is 0. The van der Waals surface area contributed by atoms with Crippen molar-refractivity contribution in [3.63, 3.8) is 0 Å². The van der Waals surface area contributed by atoms with E-state index in [2.05, 4.69) is 6.07 Å². The lowest BCUT2D eigenvalue weighted by molar-refractivity contribution is 0.475. The Morgan fingerprint density at radius 3 is 2.50 bits per heavy atom. The summed E-state index contributed by atoms with van der Waals surface area (Å²) in [5, 5.41) is 18.2. The Balaban J connectivity index is 2.53. The van der Waals surface area contributed by atoms with Gasteiger partial charge in [-0.3, -0.25) is 0 Å². The fourth-order valence-electron chi connectivity index (χ4n) is 1.71.